The van der Waals surface area contributed by atoms with Crippen molar-refractivity contribution >= 4 is 5.91 Å². The molecule has 0 bridgehead atoms. The highest BCUT2D eigenvalue weighted by Gasteiger charge is 2.19. The summed E-state index contributed by atoms with van der Waals surface area (Å²) in [5.74, 6) is 0.437. The minimum absolute atomic E-state index is 0.240. The zero-order valence-electron chi connectivity index (χ0n) is 19.1. The van der Waals surface area contributed by atoms with E-state index in [0.717, 1.165) is 22.3 Å². The molecule has 0 saturated carbocycles. The summed E-state index contributed by atoms with van der Waals surface area (Å²) < 4.78 is 1.77. The van der Waals surface area contributed by atoms with Crippen LogP contribution >= 0.6 is 0 Å². The van der Waals surface area contributed by atoms with E-state index >= 15 is 0 Å². The lowest BCUT2D eigenvalue weighted by Gasteiger charge is -2.17. The van der Waals surface area contributed by atoms with E-state index in [2.05, 4.69) is 20.3 Å². The molecule has 7 nitrogen and oxygen atoms in total. The Morgan fingerprint density at radius 1 is 0.970 bits per heavy atom. The van der Waals surface area contributed by atoms with Crippen molar-refractivity contribution < 1.29 is 9.90 Å². The number of aliphatic hydroxyl groups excluding tert-OH is 1. The number of aliphatic hydroxyl groups is 1. The van der Waals surface area contributed by atoms with Crippen LogP contribution in [0.15, 0.2) is 67.4 Å². The number of carbonyl (C=O) groups is 1. The first-order valence-electron chi connectivity index (χ1n) is 10.8. The number of aryl methyl sites for hydroxylation is 3. The molecule has 0 aliphatic rings. The molecule has 1 unspecified atom stereocenters. The Balaban J connectivity index is 1.70. The number of rotatable bonds is 6. The molecule has 0 aliphatic carbocycles. The molecule has 2 aromatic carbocycles. The van der Waals surface area contributed by atoms with Crippen LogP contribution in [-0.2, 0) is 7.05 Å². The summed E-state index contributed by atoms with van der Waals surface area (Å²) in [6.07, 6.45) is 5.78. The summed E-state index contributed by atoms with van der Waals surface area (Å²) in [6.45, 7) is 5.74. The van der Waals surface area contributed by atoms with Crippen LogP contribution in [0.5, 0.6) is 0 Å². The van der Waals surface area contributed by atoms with E-state index in [1.807, 2.05) is 64.2 Å². The van der Waals surface area contributed by atoms with Crippen molar-refractivity contribution in [3.05, 3.63) is 101 Å². The van der Waals surface area contributed by atoms with Crippen LogP contribution in [0.4, 0.5) is 0 Å². The fraction of sp³-hybridized carbons (Fsp3) is 0.231. The van der Waals surface area contributed by atoms with Gasteiger partial charge >= 0.3 is 0 Å². The number of carbonyl (C=O) groups excluding carboxylic acids is 1. The summed E-state index contributed by atoms with van der Waals surface area (Å²) in [6, 6.07) is 13.3. The Labute approximate surface area is 193 Å². The summed E-state index contributed by atoms with van der Waals surface area (Å²) in [5, 5.41) is 14.1. The van der Waals surface area contributed by atoms with Gasteiger partial charge in [0.15, 0.2) is 0 Å². The van der Waals surface area contributed by atoms with Gasteiger partial charge in [0.25, 0.3) is 5.91 Å². The van der Waals surface area contributed by atoms with E-state index in [9.17, 15) is 9.90 Å². The van der Waals surface area contributed by atoms with E-state index in [1.165, 1.54) is 0 Å². The van der Waals surface area contributed by atoms with Crippen molar-refractivity contribution in [3.63, 3.8) is 0 Å². The zero-order valence-corrected chi connectivity index (χ0v) is 19.1. The van der Waals surface area contributed by atoms with Crippen LogP contribution in [0.3, 0.4) is 0 Å². The largest absolute Gasteiger partial charge is 0.382 e. The van der Waals surface area contributed by atoms with Gasteiger partial charge in [-0.15, -0.1) is 0 Å². The molecule has 7 heteroatoms. The summed E-state index contributed by atoms with van der Waals surface area (Å²) in [4.78, 5) is 25.7. The Morgan fingerprint density at radius 2 is 1.67 bits per heavy atom. The molecule has 0 spiro atoms. The second-order valence-electron chi connectivity index (χ2n) is 8.30. The van der Waals surface area contributed by atoms with E-state index in [-0.39, 0.29) is 11.9 Å². The Morgan fingerprint density at radius 3 is 2.30 bits per heavy atom. The quantitative estimate of drug-likeness (QED) is 0.471. The third kappa shape index (κ3) is 4.99. The van der Waals surface area contributed by atoms with Gasteiger partial charge in [0.2, 0.25) is 0 Å². The van der Waals surface area contributed by atoms with Gasteiger partial charge in [-0.1, -0.05) is 29.8 Å². The number of nitrogens with zero attached hydrogens (tertiary/aromatic N) is 4. The van der Waals surface area contributed by atoms with Gasteiger partial charge in [0, 0.05) is 30.6 Å². The van der Waals surface area contributed by atoms with Crippen LogP contribution in [0, 0.1) is 13.8 Å². The number of hydrogen-bond acceptors (Lipinski definition) is 5. The topological polar surface area (TPSA) is 92.9 Å². The van der Waals surface area contributed by atoms with Crippen LogP contribution in [-0.4, -0.2) is 30.5 Å². The van der Waals surface area contributed by atoms with Crippen LogP contribution < -0.4 is 5.32 Å². The Bertz CT molecular complexity index is 1260. The van der Waals surface area contributed by atoms with Gasteiger partial charge in [-0.05, 0) is 55.7 Å². The number of hydrogen-bond donors (Lipinski definition) is 2. The molecule has 2 atom stereocenters. The van der Waals surface area contributed by atoms with Gasteiger partial charge in [-0.2, -0.15) is 0 Å². The third-order valence-electron chi connectivity index (χ3n) is 5.70. The summed E-state index contributed by atoms with van der Waals surface area (Å²) >= 11 is 0. The average molecular weight is 442 g/mol. The molecule has 4 rings (SSSR count). The summed E-state index contributed by atoms with van der Waals surface area (Å²) in [7, 11) is 1.83. The predicted molar refractivity (Wildman–Crippen MR) is 127 cm³/mol. The molecule has 4 aromatic rings. The molecule has 2 heterocycles. The van der Waals surface area contributed by atoms with Gasteiger partial charge < -0.3 is 15.0 Å². The third-order valence-corrected chi connectivity index (χ3v) is 5.70. The number of imidazole rings is 1. The predicted octanol–water partition coefficient (Wildman–Crippen LogP) is 4.07. The molecule has 0 radical (unpaired) electrons. The van der Waals surface area contributed by atoms with Gasteiger partial charge in [-0.3, -0.25) is 4.79 Å². The highest BCUT2D eigenvalue weighted by atomic mass is 16.3. The number of nitrogens with one attached hydrogen (secondary N) is 1. The lowest BCUT2D eigenvalue weighted by molar-refractivity contribution is 0.0939. The number of benzene rings is 2. The molecule has 0 aliphatic heterocycles. The van der Waals surface area contributed by atoms with E-state index in [4.69, 9.17) is 0 Å². The van der Waals surface area contributed by atoms with Crippen LogP contribution in [0.25, 0.3) is 11.1 Å². The minimum Gasteiger partial charge on any atom is -0.382 e. The maximum Gasteiger partial charge on any atom is 0.251 e. The molecule has 0 saturated heterocycles. The van der Waals surface area contributed by atoms with Crippen molar-refractivity contribution in [2.75, 3.05) is 0 Å². The Hall–Kier alpha value is -3.84. The van der Waals surface area contributed by atoms with Gasteiger partial charge in [0.1, 0.15) is 11.9 Å². The van der Waals surface area contributed by atoms with E-state index < -0.39 is 6.10 Å². The second-order valence-corrected chi connectivity index (χ2v) is 8.30. The maximum atomic E-state index is 13.2. The van der Waals surface area contributed by atoms with Crippen molar-refractivity contribution in [1.29, 1.82) is 0 Å². The van der Waals surface area contributed by atoms with Crippen molar-refractivity contribution in [2.45, 2.75) is 32.9 Å². The molecular formula is C26H27N5O2. The van der Waals surface area contributed by atoms with Crippen LogP contribution in [0.2, 0.25) is 0 Å². The summed E-state index contributed by atoms with van der Waals surface area (Å²) in [5.41, 5.74) is 5.51. The lowest BCUT2D eigenvalue weighted by atomic mass is 9.95. The molecule has 2 aromatic heterocycles. The molecule has 168 valence electrons. The first-order chi connectivity index (χ1) is 15.8. The zero-order chi connectivity index (χ0) is 23.5. The van der Waals surface area contributed by atoms with Crippen molar-refractivity contribution in [3.8, 4) is 11.1 Å². The fourth-order valence-electron chi connectivity index (χ4n) is 3.64. The normalized spacial score (nSPS) is 12.9. The Kier molecular flexibility index (Phi) is 6.33. The highest BCUT2D eigenvalue weighted by Crippen LogP contribution is 2.29. The molecule has 33 heavy (non-hydrogen) atoms. The first kappa shape index (κ1) is 22.4. The SMILES string of the molecule is Cc1ccc(-c2cc(C(=O)NC(C)c3cnc(C)nc3)cc([C@@H](O)c3cncn3C)c2)cc1. The van der Waals surface area contributed by atoms with Crippen molar-refractivity contribution in [2.24, 2.45) is 7.05 Å². The second kappa shape index (κ2) is 9.34. The molecule has 0 fully saturated rings. The highest BCUT2D eigenvalue weighted by molar-refractivity contribution is 5.96. The van der Waals surface area contributed by atoms with Gasteiger partial charge in [0.05, 0.1) is 24.3 Å². The van der Waals surface area contributed by atoms with E-state index in [1.54, 1.807) is 35.6 Å². The number of aromatic nitrogens is 4. The molecule has 1 amide bonds. The minimum atomic E-state index is -0.919. The van der Waals surface area contributed by atoms with Gasteiger partial charge in [-0.25, -0.2) is 15.0 Å². The first-order valence-corrected chi connectivity index (χ1v) is 10.8. The number of amides is 1. The fourth-order valence-corrected chi connectivity index (χ4v) is 3.64. The molecule has 2 N–H and O–H groups in total. The standard InChI is InChI=1S/C26H27N5O2/c1-16-5-7-19(8-6-16)20-9-21(25(32)24-14-27-15-31(24)4)11-22(10-20)26(33)30-17(2)23-12-28-18(3)29-13-23/h5-15,17,25,32H,1-4H3,(H,30,33)/t17?,25-/m1/s1. The average Bonchev–Trinajstić information content (AvgIpc) is 3.24. The molecular weight excluding hydrogens is 414 g/mol. The van der Waals surface area contributed by atoms with E-state index in [0.29, 0.717) is 22.6 Å². The monoisotopic (exact) mass is 441 g/mol. The maximum absolute atomic E-state index is 13.2. The lowest BCUT2D eigenvalue weighted by Crippen LogP contribution is -2.27. The smallest absolute Gasteiger partial charge is 0.251 e. The van der Waals surface area contributed by atoms with Crippen molar-refractivity contribution in [1.82, 2.24) is 24.8 Å². The van der Waals surface area contributed by atoms with Crippen LogP contribution in [0.1, 0.15) is 57.6 Å².